The van der Waals surface area contributed by atoms with E-state index in [1.54, 1.807) is 0 Å². The first-order chi connectivity index (χ1) is 9.18. The Morgan fingerprint density at radius 3 is 2.42 bits per heavy atom. The molecule has 0 radical (unpaired) electrons. The molecule has 0 saturated carbocycles. The van der Waals surface area contributed by atoms with E-state index in [0.717, 1.165) is 42.4 Å². The number of hydrogen-bond donors (Lipinski definition) is 1. The Bertz CT molecular complexity index is 502. The Morgan fingerprint density at radius 1 is 1.11 bits per heavy atom. The van der Waals surface area contributed by atoms with Crippen LogP contribution in [0.25, 0.3) is 0 Å². The molecule has 0 amide bonds. The van der Waals surface area contributed by atoms with Gasteiger partial charge in [0.25, 0.3) is 0 Å². The molecule has 0 atom stereocenters. The monoisotopic (exact) mass is 282 g/mol. The lowest BCUT2D eigenvalue weighted by molar-refractivity contribution is -0.136. The fraction of sp³-hybridized carbons (Fsp3) is 0.500. The Balaban J connectivity index is 2.21. The van der Waals surface area contributed by atoms with E-state index in [4.69, 9.17) is 26.2 Å². The second-order valence-corrected chi connectivity index (χ2v) is 5.26. The van der Waals surface area contributed by atoms with Crippen molar-refractivity contribution in [3.05, 3.63) is 21.7 Å². The molecule has 0 spiro atoms. The fourth-order valence-corrected chi connectivity index (χ4v) is 3.17. The zero-order chi connectivity index (χ0) is 13.4. The van der Waals surface area contributed by atoms with Gasteiger partial charge in [-0.3, -0.25) is 4.79 Å². The summed E-state index contributed by atoms with van der Waals surface area (Å²) in [5.74, 6) is 0.503. The third kappa shape index (κ3) is 2.14. The van der Waals surface area contributed by atoms with Gasteiger partial charge in [-0.15, -0.1) is 0 Å². The molecule has 19 heavy (non-hydrogen) atoms. The van der Waals surface area contributed by atoms with Gasteiger partial charge in [-0.05, 0) is 25.7 Å². The summed E-state index contributed by atoms with van der Waals surface area (Å²) in [6.07, 6.45) is 3.36. The maximum absolute atomic E-state index is 11.1. The lowest BCUT2D eigenvalue weighted by atomic mass is 9.91. The van der Waals surface area contributed by atoms with E-state index in [1.807, 2.05) is 0 Å². The van der Waals surface area contributed by atoms with Crippen LogP contribution in [0, 0.1) is 0 Å². The van der Waals surface area contributed by atoms with Crippen LogP contribution in [0.5, 0.6) is 11.5 Å². The van der Waals surface area contributed by atoms with Crippen LogP contribution in [0.2, 0.25) is 5.02 Å². The molecule has 0 unspecified atom stereocenters. The van der Waals surface area contributed by atoms with Gasteiger partial charge in [0.1, 0.15) is 11.5 Å². The summed E-state index contributed by atoms with van der Waals surface area (Å²) in [4.78, 5) is 11.1. The fourth-order valence-electron chi connectivity index (χ4n) is 2.82. The van der Waals surface area contributed by atoms with E-state index in [-0.39, 0.29) is 6.42 Å². The second-order valence-electron chi connectivity index (χ2n) is 4.88. The van der Waals surface area contributed by atoms with E-state index in [1.165, 1.54) is 0 Å². The zero-order valence-electron chi connectivity index (χ0n) is 10.5. The summed E-state index contributed by atoms with van der Waals surface area (Å²) in [7, 11) is 0. The Morgan fingerprint density at radius 2 is 1.74 bits per heavy atom. The summed E-state index contributed by atoms with van der Waals surface area (Å²) < 4.78 is 11.4. The van der Waals surface area contributed by atoms with Gasteiger partial charge in [0, 0.05) is 16.7 Å². The second kappa shape index (κ2) is 4.93. The van der Waals surface area contributed by atoms with Crippen molar-refractivity contribution in [2.24, 2.45) is 0 Å². The normalized spacial score (nSPS) is 16.9. The number of hydrogen-bond acceptors (Lipinski definition) is 3. The van der Waals surface area contributed by atoms with Crippen molar-refractivity contribution in [2.75, 3.05) is 13.2 Å². The van der Waals surface area contributed by atoms with Gasteiger partial charge in [0.15, 0.2) is 0 Å². The molecular weight excluding hydrogens is 268 g/mol. The lowest BCUT2D eigenvalue weighted by Crippen LogP contribution is -2.19. The van der Waals surface area contributed by atoms with Crippen molar-refractivity contribution in [1.82, 2.24) is 0 Å². The van der Waals surface area contributed by atoms with Crippen LogP contribution < -0.4 is 9.47 Å². The Kier molecular flexibility index (Phi) is 3.27. The number of carboxylic acid groups (broad SMARTS) is 1. The van der Waals surface area contributed by atoms with Gasteiger partial charge in [-0.1, -0.05) is 11.6 Å². The molecule has 0 aliphatic carbocycles. The molecule has 1 aromatic carbocycles. The molecule has 2 aliphatic heterocycles. The SMILES string of the molecule is O=C(O)Cc1c2c(c(Cl)c3c1OCCC3)OCCC2. The molecule has 0 saturated heterocycles. The molecule has 2 heterocycles. The summed E-state index contributed by atoms with van der Waals surface area (Å²) in [5.41, 5.74) is 2.57. The van der Waals surface area contributed by atoms with E-state index in [9.17, 15) is 4.79 Å². The number of benzene rings is 1. The van der Waals surface area contributed by atoms with Crippen LogP contribution in [-0.4, -0.2) is 24.3 Å². The maximum Gasteiger partial charge on any atom is 0.307 e. The highest BCUT2D eigenvalue weighted by Crippen LogP contribution is 2.46. The highest BCUT2D eigenvalue weighted by atomic mass is 35.5. The van der Waals surface area contributed by atoms with Gasteiger partial charge < -0.3 is 14.6 Å². The molecule has 0 bridgehead atoms. The van der Waals surface area contributed by atoms with Crippen LogP contribution in [0.15, 0.2) is 0 Å². The molecule has 1 aromatic rings. The number of aliphatic carboxylic acids is 1. The highest BCUT2D eigenvalue weighted by Gasteiger charge is 2.29. The van der Waals surface area contributed by atoms with Gasteiger partial charge in [-0.2, -0.15) is 0 Å². The largest absolute Gasteiger partial charge is 0.493 e. The van der Waals surface area contributed by atoms with Crippen molar-refractivity contribution < 1.29 is 19.4 Å². The molecule has 102 valence electrons. The van der Waals surface area contributed by atoms with E-state index in [2.05, 4.69) is 0 Å². The van der Waals surface area contributed by atoms with Gasteiger partial charge in [-0.25, -0.2) is 0 Å². The van der Waals surface area contributed by atoms with Crippen LogP contribution in [-0.2, 0) is 24.1 Å². The van der Waals surface area contributed by atoms with Crippen molar-refractivity contribution in [1.29, 1.82) is 0 Å². The maximum atomic E-state index is 11.1. The quantitative estimate of drug-likeness (QED) is 0.906. The lowest BCUT2D eigenvalue weighted by Gasteiger charge is -2.28. The van der Waals surface area contributed by atoms with E-state index >= 15 is 0 Å². The van der Waals surface area contributed by atoms with Crippen LogP contribution in [0.4, 0.5) is 0 Å². The molecule has 4 nitrogen and oxygen atoms in total. The number of fused-ring (bicyclic) bond motifs is 2. The van der Waals surface area contributed by atoms with E-state index < -0.39 is 5.97 Å². The van der Waals surface area contributed by atoms with Crippen LogP contribution >= 0.6 is 11.6 Å². The van der Waals surface area contributed by atoms with E-state index in [0.29, 0.717) is 29.7 Å². The van der Waals surface area contributed by atoms with Crippen LogP contribution in [0.1, 0.15) is 29.5 Å². The topological polar surface area (TPSA) is 55.8 Å². The first-order valence-corrected chi connectivity index (χ1v) is 6.89. The first kappa shape index (κ1) is 12.6. The zero-order valence-corrected chi connectivity index (χ0v) is 11.3. The molecule has 5 heteroatoms. The highest BCUT2D eigenvalue weighted by molar-refractivity contribution is 6.33. The minimum atomic E-state index is -0.855. The van der Waals surface area contributed by atoms with Crippen LogP contribution in [0.3, 0.4) is 0 Å². The molecule has 3 rings (SSSR count). The van der Waals surface area contributed by atoms with Gasteiger partial charge in [0.05, 0.1) is 24.7 Å². The predicted molar refractivity (Wildman–Crippen MR) is 70.4 cm³/mol. The van der Waals surface area contributed by atoms with Crippen molar-refractivity contribution in [3.8, 4) is 11.5 Å². The molecule has 2 aliphatic rings. The first-order valence-electron chi connectivity index (χ1n) is 6.52. The summed E-state index contributed by atoms with van der Waals surface area (Å²) in [5, 5.41) is 9.72. The average Bonchev–Trinajstić information content (AvgIpc) is 2.43. The van der Waals surface area contributed by atoms with Crippen molar-refractivity contribution in [3.63, 3.8) is 0 Å². The standard InChI is InChI=1S/C14H15ClO4/c15-12-9-4-2-5-18-13(9)10(7-11(16)17)8-3-1-6-19-14(8)12/h1-7H2,(H,16,17). The third-order valence-electron chi connectivity index (χ3n) is 3.61. The summed E-state index contributed by atoms with van der Waals surface area (Å²) in [6.45, 7) is 1.26. The molecule has 0 fully saturated rings. The van der Waals surface area contributed by atoms with Gasteiger partial charge in [0.2, 0.25) is 0 Å². The summed E-state index contributed by atoms with van der Waals surface area (Å²) in [6, 6.07) is 0. The van der Waals surface area contributed by atoms with Crippen molar-refractivity contribution >= 4 is 17.6 Å². The number of carbonyl (C=O) groups is 1. The minimum absolute atomic E-state index is 0.0365. The number of rotatable bonds is 2. The Labute approximate surface area is 116 Å². The number of halogens is 1. The predicted octanol–water partition coefficient (Wildman–Crippen LogP) is 2.62. The Hall–Kier alpha value is -1.42. The minimum Gasteiger partial charge on any atom is -0.493 e. The number of ether oxygens (including phenoxy) is 2. The molecule has 0 aromatic heterocycles. The number of carboxylic acids is 1. The van der Waals surface area contributed by atoms with Gasteiger partial charge >= 0.3 is 5.97 Å². The molecular formula is C14H15ClO4. The van der Waals surface area contributed by atoms with Crippen molar-refractivity contribution in [2.45, 2.75) is 32.1 Å². The third-order valence-corrected chi connectivity index (χ3v) is 4.01. The summed E-state index contributed by atoms with van der Waals surface area (Å²) >= 11 is 6.40. The molecule has 1 N–H and O–H groups in total. The smallest absolute Gasteiger partial charge is 0.307 e. The average molecular weight is 283 g/mol.